The highest BCUT2D eigenvalue weighted by molar-refractivity contribution is 6.30. The van der Waals surface area contributed by atoms with Gasteiger partial charge in [0.05, 0.1) is 0 Å². The summed E-state index contributed by atoms with van der Waals surface area (Å²) >= 11 is 5.82. The number of aromatic nitrogens is 1. The molecule has 7 heteroatoms. The van der Waals surface area contributed by atoms with Crippen LogP contribution in [0.3, 0.4) is 0 Å². The predicted molar refractivity (Wildman–Crippen MR) is 104 cm³/mol. The molecule has 0 aliphatic heterocycles. The number of nitrogens with zero attached hydrogens (tertiary/aromatic N) is 1. The van der Waals surface area contributed by atoms with E-state index in [9.17, 15) is 9.59 Å². The SMILES string of the molecule is CC(C)C[C@H](NC(=O)COc1ccc(Cl)cc1)C(=O)NCc1cccnc1. The quantitative estimate of drug-likeness (QED) is 0.691. The van der Waals surface area contributed by atoms with Crippen molar-refractivity contribution in [3.63, 3.8) is 0 Å². The molecular formula is C20H24ClN3O3. The summed E-state index contributed by atoms with van der Waals surface area (Å²) in [7, 11) is 0. The zero-order valence-electron chi connectivity index (χ0n) is 15.4. The molecule has 144 valence electrons. The van der Waals surface area contributed by atoms with Gasteiger partial charge in [-0.3, -0.25) is 14.6 Å². The molecular weight excluding hydrogens is 366 g/mol. The van der Waals surface area contributed by atoms with Crippen LogP contribution in [0.25, 0.3) is 0 Å². The van der Waals surface area contributed by atoms with Crippen LogP contribution in [0.2, 0.25) is 5.02 Å². The second-order valence-electron chi connectivity index (χ2n) is 6.57. The summed E-state index contributed by atoms with van der Waals surface area (Å²) in [5, 5.41) is 6.18. The summed E-state index contributed by atoms with van der Waals surface area (Å²) in [6, 6.07) is 9.79. The number of halogens is 1. The van der Waals surface area contributed by atoms with Gasteiger partial charge in [-0.15, -0.1) is 0 Å². The fourth-order valence-electron chi connectivity index (χ4n) is 2.43. The van der Waals surface area contributed by atoms with Gasteiger partial charge in [0, 0.05) is 24.0 Å². The van der Waals surface area contributed by atoms with Crippen molar-refractivity contribution in [3.05, 3.63) is 59.4 Å². The van der Waals surface area contributed by atoms with Crippen molar-refractivity contribution >= 4 is 23.4 Å². The van der Waals surface area contributed by atoms with Gasteiger partial charge in [0.2, 0.25) is 5.91 Å². The highest BCUT2D eigenvalue weighted by atomic mass is 35.5. The molecule has 0 saturated heterocycles. The lowest BCUT2D eigenvalue weighted by Crippen LogP contribution is -2.48. The molecule has 1 heterocycles. The molecule has 0 radical (unpaired) electrons. The average Bonchev–Trinajstić information content (AvgIpc) is 2.65. The Morgan fingerprint density at radius 1 is 1.19 bits per heavy atom. The second-order valence-corrected chi connectivity index (χ2v) is 7.01. The number of hydrogen-bond acceptors (Lipinski definition) is 4. The van der Waals surface area contributed by atoms with Gasteiger partial charge in [0.1, 0.15) is 11.8 Å². The minimum Gasteiger partial charge on any atom is -0.484 e. The van der Waals surface area contributed by atoms with Gasteiger partial charge in [0.25, 0.3) is 5.91 Å². The van der Waals surface area contributed by atoms with Gasteiger partial charge >= 0.3 is 0 Å². The van der Waals surface area contributed by atoms with Gasteiger partial charge in [-0.2, -0.15) is 0 Å². The Hall–Kier alpha value is -2.60. The summed E-state index contributed by atoms with van der Waals surface area (Å²) in [6.45, 7) is 4.18. The molecule has 27 heavy (non-hydrogen) atoms. The van der Waals surface area contributed by atoms with Crippen LogP contribution in [-0.4, -0.2) is 29.4 Å². The number of amides is 2. The molecule has 2 rings (SSSR count). The van der Waals surface area contributed by atoms with Crippen molar-refractivity contribution in [1.29, 1.82) is 0 Å². The Labute approximate surface area is 164 Å². The molecule has 2 N–H and O–H groups in total. The molecule has 0 bridgehead atoms. The van der Waals surface area contributed by atoms with E-state index in [1.807, 2.05) is 26.0 Å². The average molecular weight is 390 g/mol. The second kappa shape index (κ2) is 10.5. The van der Waals surface area contributed by atoms with Crippen molar-refractivity contribution in [1.82, 2.24) is 15.6 Å². The van der Waals surface area contributed by atoms with Crippen LogP contribution in [0.5, 0.6) is 5.75 Å². The molecule has 1 atom stereocenters. The Morgan fingerprint density at radius 2 is 1.93 bits per heavy atom. The van der Waals surface area contributed by atoms with Crippen LogP contribution < -0.4 is 15.4 Å². The number of benzene rings is 1. The van der Waals surface area contributed by atoms with Gasteiger partial charge in [0.15, 0.2) is 6.61 Å². The van der Waals surface area contributed by atoms with Gasteiger partial charge in [-0.1, -0.05) is 31.5 Å². The predicted octanol–water partition coefficient (Wildman–Crippen LogP) is 2.96. The number of pyridine rings is 1. The van der Waals surface area contributed by atoms with Crippen LogP contribution in [0, 0.1) is 5.92 Å². The van der Waals surface area contributed by atoms with E-state index in [0.29, 0.717) is 23.7 Å². The molecule has 0 unspecified atom stereocenters. The molecule has 0 spiro atoms. The van der Waals surface area contributed by atoms with Gasteiger partial charge in [-0.05, 0) is 48.2 Å². The third-order valence-electron chi connectivity index (χ3n) is 3.73. The number of carbonyl (C=O) groups is 2. The molecule has 2 amide bonds. The van der Waals surface area contributed by atoms with Crippen LogP contribution in [0.15, 0.2) is 48.8 Å². The minimum absolute atomic E-state index is 0.174. The van der Waals surface area contributed by atoms with E-state index in [4.69, 9.17) is 16.3 Å². The van der Waals surface area contributed by atoms with E-state index in [2.05, 4.69) is 15.6 Å². The number of nitrogens with one attached hydrogen (secondary N) is 2. The molecule has 2 aromatic rings. The minimum atomic E-state index is -0.622. The molecule has 0 fully saturated rings. The third-order valence-corrected chi connectivity index (χ3v) is 3.98. The standard InChI is InChI=1S/C20H24ClN3O3/c1-14(2)10-18(20(26)23-12-15-4-3-9-22-11-15)24-19(25)13-27-17-7-5-16(21)6-8-17/h3-9,11,14,18H,10,12-13H2,1-2H3,(H,23,26)(H,24,25)/t18-/m0/s1. The molecule has 6 nitrogen and oxygen atoms in total. The maximum Gasteiger partial charge on any atom is 0.258 e. The maximum absolute atomic E-state index is 12.5. The van der Waals surface area contributed by atoms with Crippen molar-refractivity contribution < 1.29 is 14.3 Å². The Kier molecular flexibility index (Phi) is 8.07. The van der Waals surface area contributed by atoms with E-state index >= 15 is 0 Å². The van der Waals surface area contributed by atoms with Crippen LogP contribution in [0.4, 0.5) is 0 Å². The summed E-state index contributed by atoms with van der Waals surface area (Å²) in [5.41, 5.74) is 0.895. The summed E-state index contributed by atoms with van der Waals surface area (Å²) in [5.74, 6) is 0.201. The van der Waals surface area contributed by atoms with E-state index in [-0.39, 0.29) is 24.3 Å². The number of rotatable bonds is 9. The Balaban J connectivity index is 1.87. The first-order valence-corrected chi connectivity index (χ1v) is 9.16. The molecule has 1 aromatic heterocycles. The highest BCUT2D eigenvalue weighted by Crippen LogP contribution is 2.15. The van der Waals surface area contributed by atoms with Crippen molar-refractivity contribution in [2.24, 2.45) is 5.92 Å². The highest BCUT2D eigenvalue weighted by Gasteiger charge is 2.22. The van der Waals surface area contributed by atoms with Crippen molar-refractivity contribution in [3.8, 4) is 5.75 Å². The van der Waals surface area contributed by atoms with Crippen molar-refractivity contribution in [2.45, 2.75) is 32.9 Å². The topological polar surface area (TPSA) is 80.3 Å². The first kappa shape index (κ1) is 20.7. The fourth-order valence-corrected chi connectivity index (χ4v) is 2.56. The lowest BCUT2D eigenvalue weighted by atomic mass is 10.0. The summed E-state index contributed by atoms with van der Waals surface area (Å²) < 4.78 is 5.43. The van der Waals surface area contributed by atoms with Gasteiger partial charge < -0.3 is 15.4 Å². The molecule has 1 aromatic carbocycles. The van der Waals surface area contributed by atoms with Crippen molar-refractivity contribution in [2.75, 3.05) is 6.61 Å². The number of hydrogen-bond donors (Lipinski definition) is 2. The van der Waals surface area contributed by atoms with E-state index in [1.54, 1.807) is 36.7 Å². The lowest BCUT2D eigenvalue weighted by molar-refractivity contribution is -0.130. The monoisotopic (exact) mass is 389 g/mol. The maximum atomic E-state index is 12.5. The largest absolute Gasteiger partial charge is 0.484 e. The normalized spacial score (nSPS) is 11.7. The summed E-state index contributed by atoms with van der Waals surface area (Å²) in [4.78, 5) is 28.7. The first-order valence-electron chi connectivity index (χ1n) is 8.78. The van der Waals surface area contributed by atoms with E-state index < -0.39 is 6.04 Å². The fraction of sp³-hybridized carbons (Fsp3) is 0.350. The van der Waals surface area contributed by atoms with Crippen LogP contribution >= 0.6 is 11.6 Å². The molecule has 0 saturated carbocycles. The number of ether oxygens (including phenoxy) is 1. The lowest BCUT2D eigenvalue weighted by Gasteiger charge is -2.20. The summed E-state index contributed by atoms with van der Waals surface area (Å²) in [6.07, 6.45) is 3.90. The molecule has 0 aliphatic carbocycles. The van der Waals surface area contributed by atoms with E-state index in [1.165, 1.54) is 0 Å². The third kappa shape index (κ3) is 7.66. The zero-order chi connectivity index (χ0) is 19.6. The van der Waals surface area contributed by atoms with E-state index in [0.717, 1.165) is 5.56 Å². The van der Waals surface area contributed by atoms with Gasteiger partial charge in [-0.25, -0.2) is 0 Å². The van der Waals surface area contributed by atoms with Crippen LogP contribution in [0.1, 0.15) is 25.8 Å². The molecule has 0 aliphatic rings. The smallest absolute Gasteiger partial charge is 0.258 e. The first-order chi connectivity index (χ1) is 12.9. The number of carbonyl (C=O) groups excluding carboxylic acids is 2. The van der Waals surface area contributed by atoms with Crippen LogP contribution in [-0.2, 0) is 16.1 Å². The Morgan fingerprint density at radius 3 is 2.56 bits per heavy atom. The zero-order valence-corrected chi connectivity index (χ0v) is 16.2. The Bertz CT molecular complexity index is 736.